The molecule has 18 heavy (non-hydrogen) atoms. The van der Waals surface area contributed by atoms with Crippen molar-refractivity contribution in [3.8, 4) is 0 Å². The Labute approximate surface area is 109 Å². The van der Waals surface area contributed by atoms with Gasteiger partial charge in [0.25, 0.3) is 0 Å². The molecule has 0 aromatic heterocycles. The lowest BCUT2D eigenvalue weighted by molar-refractivity contribution is -0.386. The van der Waals surface area contributed by atoms with Gasteiger partial charge in [-0.1, -0.05) is 20.8 Å². The number of rotatable bonds is 13. The minimum atomic E-state index is -3.55. The van der Waals surface area contributed by atoms with Crippen molar-refractivity contribution in [1.82, 2.24) is 0 Å². The van der Waals surface area contributed by atoms with Crippen LogP contribution in [0.25, 0.3) is 0 Å². The Morgan fingerprint density at radius 2 is 1.00 bits per heavy atom. The summed E-state index contributed by atoms with van der Waals surface area (Å²) in [4.78, 5) is 14.8. The fourth-order valence-electron chi connectivity index (χ4n) is 0.735. The summed E-state index contributed by atoms with van der Waals surface area (Å²) in [6, 6.07) is 0. The standard InChI is InChI=1S/C10H24O7Si/c1-5-8-12-15-18(11-4,16-13-9-6-2)17-14-10-7-3/h5-10H2,1-4H3. The van der Waals surface area contributed by atoms with Gasteiger partial charge in [-0.25, -0.2) is 14.7 Å². The maximum Gasteiger partial charge on any atom is 0.764 e. The van der Waals surface area contributed by atoms with Gasteiger partial charge in [-0.3, -0.25) is 0 Å². The van der Waals surface area contributed by atoms with Crippen LogP contribution in [0.4, 0.5) is 0 Å². The first-order chi connectivity index (χ1) is 8.74. The predicted molar refractivity (Wildman–Crippen MR) is 64.7 cm³/mol. The number of hydrogen-bond donors (Lipinski definition) is 0. The molecule has 0 aromatic carbocycles. The average Bonchev–Trinajstić information content (AvgIpc) is 2.39. The van der Waals surface area contributed by atoms with Gasteiger partial charge in [0, 0.05) is 7.11 Å². The summed E-state index contributed by atoms with van der Waals surface area (Å²) in [7, 11) is -2.17. The van der Waals surface area contributed by atoms with E-state index in [1.54, 1.807) is 0 Å². The van der Waals surface area contributed by atoms with Gasteiger partial charge in [0.05, 0.1) is 19.8 Å². The number of hydrogen-bond acceptors (Lipinski definition) is 7. The zero-order valence-corrected chi connectivity index (χ0v) is 12.6. The van der Waals surface area contributed by atoms with E-state index in [0.717, 1.165) is 19.3 Å². The van der Waals surface area contributed by atoms with E-state index in [9.17, 15) is 0 Å². The molecular formula is C10H24O7Si. The topological polar surface area (TPSA) is 64.6 Å². The molecule has 0 fully saturated rings. The summed E-state index contributed by atoms with van der Waals surface area (Å²) >= 11 is 0. The van der Waals surface area contributed by atoms with E-state index in [-0.39, 0.29) is 0 Å². The van der Waals surface area contributed by atoms with E-state index < -0.39 is 9.05 Å². The van der Waals surface area contributed by atoms with Gasteiger partial charge in [-0.2, -0.15) is 13.7 Å². The molecule has 0 atom stereocenters. The molecule has 7 nitrogen and oxygen atoms in total. The highest BCUT2D eigenvalue weighted by Gasteiger charge is 2.51. The fourth-order valence-corrected chi connectivity index (χ4v) is 1.71. The zero-order chi connectivity index (χ0) is 13.7. The highest BCUT2D eigenvalue weighted by atomic mass is 28.4. The monoisotopic (exact) mass is 284 g/mol. The van der Waals surface area contributed by atoms with Gasteiger partial charge in [-0.05, 0) is 19.3 Å². The molecule has 0 rings (SSSR count). The van der Waals surface area contributed by atoms with Crippen LogP contribution in [-0.2, 0) is 32.8 Å². The summed E-state index contributed by atoms with van der Waals surface area (Å²) in [5, 5.41) is 0. The van der Waals surface area contributed by atoms with Crippen molar-refractivity contribution in [2.24, 2.45) is 0 Å². The fraction of sp³-hybridized carbons (Fsp3) is 1.00. The Morgan fingerprint density at radius 1 is 0.667 bits per heavy atom. The van der Waals surface area contributed by atoms with Crippen LogP contribution in [0.3, 0.4) is 0 Å². The molecule has 0 aliphatic heterocycles. The molecular weight excluding hydrogens is 260 g/mol. The Hall–Kier alpha value is -0.0631. The third-order valence-corrected chi connectivity index (χ3v) is 3.06. The second kappa shape index (κ2) is 12.0. The van der Waals surface area contributed by atoms with Crippen LogP contribution in [-0.4, -0.2) is 36.0 Å². The molecule has 0 aliphatic carbocycles. The summed E-state index contributed by atoms with van der Waals surface area (Å²) < 4.78 is 20.2. The van der Waals surface area contributed by atoms with E-state index in [4.69, 9.17) is 32.8 Å². The molecule has 110 valence electrons. The molecule has 8 heteroatoms. The summed E-state index contributed by atoms with van der Waals surface area (Å²) in [5.74, 6) is 0. The van der Waals surface area contributed by atoms with Gasteiger partial charge in [0.15, 0.2) is 0 Å². The van der Waals surface area contributed by atoms with E-state index in [2.05, 4.69) is 0 Å². The molecule has 0 amide bonds. The van der Waals surface area contributed by atoms with Crippen molar-refractivity contribution in [2.75, 3.05) is 26.9 Å². The SMILES string of the molecule is CCCOO[Si](OC)(OOCCC)OOCCC. The van der Waals surface area contributed by atoms with Gasteiger partial charge in [0.2, 0.25) is 0 Å². The van der Waals surface area contributed by atoms with E-state index in [1.807, 2.05) is 20.8 Å². The predicted octanol–water partition coefficient (Wildman–Crippen LogP) is 2.14. The maximum atomic E-state index is 5.07. The average molecular weight is 284 g/mol. The minimum absolute atomic E-state index is 0.395. The highest BCUT2D eigenvalue weighted by Crippen LogP contribution is 2.13. The lowest BCUT2D eigenvalue weighted by atomic mass is 10.5. The first-order valence-electron chi connectivity index (χ1n) is 6.21. The van der Waals surface area contributed by atoms with Crippen LogP contribution in [0.2, 0.25) is 0 Å². The van der Waals surface area contributed by atoms with Crippen LogP contribution in [0.1, 0.15) is 40.0 Å². The maximum absolute atomic E-state index is 5.07. The van der Waals surface area contributed by atoms with Crippen molar-refractivity contribution in [3.63, 3.8) is 0 Å². The molecule has 0 saturated carbocycles. The van der Waals surface area contributed by atoms with Gasteiger partial charge in [0.1, 0.15) is 0 Å². The molecule has 0 N–H and O–H groups in total. The molecule has 0 aliphatic rings. The van der Waals surface area contributed by atoms with Crippen LogP contribution in [0.5, 0.6) is 0 Å². The Balaban J connectivity index is 4.20. The van der Waals surface area contributed by atoms with Crippen molar-refractivity contribution in [1.29, 1.82) is 0 Å². The lowest BCUT2D eigenvalue weighted by Crippen LogP contribution is -2.48. The molecule has 0 spiro atoms. The quantitative estimate of drug-likeness (QED) is 0.222. The first-order valence-corrected chi connectivity index (χ1v) is 7.85. The summed E-state index contributed by atoms with van der Waals surface area (Å²) in [5.41, 5.74) is 0. The largest absolute Gasteiger partial charge is 0.764 e. The molecule has 0 heterocycles. The van der Waals surface area contributed by atoms with Gasteiger partial charge >= 0.3 is 9.05 Å². The van der Waals surface area contributed by atoms with E-state index in [0.29, 0.717) is 19.8 Å². The van der Waals surface area contributed by atoms with Gasteiger partial charge in [-0.15, -0.1) is 0 Å². The normalized spacial score (nSPS) is 12.0. The molecule has 0 unspecified atom stereocenters. The van der Waals surface area contributed by atoms with Crippen molar-refractivity contribution in [3.05, 3.63) is 0 Å². The second-order valence-electron chi connectivity index (χ2n) is 3.42. The van der Waals surface area contributed by atoms with E-state index in [1.165, 1.54) is 7.11 Å². The molecule has 0 radical (unpaired) electrons. The Morgan fingerprint density at radius 3 is 1.22 bits per heavy atom. The minimum Gasteiger partial charge on any atom is -0.351 e. The molecule has 0 bridgehead atoms. The van der Waals surface area contributed by atoms with Crippen LogP contribution in [0.15, 0.2) is 0 Å². The summed E-state index contributed by atoms with van der Waals surface area (Å²) in [6.07, 6.45) is 2.37. The third kappa shape index (κ3) is 8.11. The smallest absolute Gasteiger partial charge is 0.351 e. The van der Waals surface area contributed by atoms with Crippen molar-refractivity contribution in [2.45, 2.75) is 40.0 Å². The van der Waals surface area contributed by atoms with E-state index >= 15 is 0 Å². The molecule has 0 aromatic rings. The van der Waals surface area contributed by atoms with Crippen LogP contribution >= 0.6 is 0 Å². The first kappa shape index (κ1) is 17.9. The third-order valence-electron chi connectivity index (χ3n) is 1.60. The zero-order valence-electron chi connectivity index (χ0n) is 11.6. The lowest BCUT2D eigenvalue weighted by Gasteiger charge is -2.22. The van der Waals surface area contributed by atoms with Crippen LogP contribution in [0, 0.1) is 0 Å². The second-order valence-corrected chi connectivity index (χ2v) is 5.33. The van der Waals surface area contributed by atoms with Crippen molar-refractivity contribution >= 4 is 9.05 Å². The Bertz CT molecular complexity index is 155. The summed E-state index contributed by atoms with van der Waals surface area (Å²) in [6.45, 7) is 7.03. The Kier molecular flexibility index (Phi) is 12.0. The highest BCUT2D eigenvalue weighted by molar-refractivity contribution is 6.52. The van der Waals surface area contributed by atoms with Crippen LogP contribution < -0.4 is 0 Å². The van der Waals surface area contributed by atoms with Crippen molar-refractivity contribution < 1.29 is 32.8 Å². The molecule has 0 saturated heterocycles. The van der Waals surface area contributed by atoms with Gasteiger partial charge < -0.3 is 4.43 Å².